The Hall–Kier alpha value is -1.60. The van der Waals surface area contributed by atoms with Gasteiger partial charge in [0.15, 0.2) is 15.8 Å². The first kappa shape index (κ1) is 20.1. The molecule has 7 heteroatoms. The van der Waals surface area contributed by atoms with Crippen molar-refractivity contribution in [3.05, 3.63) is 35.9 Å². The summed E-state index contributed by atoms with van der Waals surface area (Å²) in [7, 11) is -1.28. The summed E-state index contributed by atoms with van der Waals surface area (Å²) in [4.78, 5) is 6.49. The highest BCUT2D eigenvalue weighted by molar-refractivity contribution is 7.92. The molecule has 2 fully saturated rings. The second-order valence-corrected chi connectivity index (χ2v) is 10.0. The maximum absolute atomic E-state index is 12.7. The minimum Gasteiger partial charge on any atom is -0.375 e. The quantitative estimate of drug-likeness (QED) is 0.472. The van der Waals surface area contributed by atoms with Crippen LogP contribution in [0.1, 0.15) is 37.7 Å². The van der Waals surface area contributed by atoms with E-state index >= 15 is 0 Å². The van der Waals surface area contributed by atoms with E-state index in [9.17, 15) is 8.42 Å². The number of rotatable bonds is 5. The number of benzene rings is 1. The summed E-state index contributed by atoms with van der Waals surface area (Å²) < 4.78 is 30.6. The SMILES string of the molecule is CN=C(NCCOCc1ccccc1)N1CCS(=O)(=O)C2(CCCCC2)C1. The Bertz CT molecular complexity index is 728. The molecule has 0 amide bonds. The molecule has 3 rings (SSSR count). The predicted molar refractivity (Wildman–Crippen MR) is 109 cm³/mol. The summed E-state index contributed by atoms with van der Waals surface area (Å²) in [5, 5.41) is 3.33. The Morgan fingerprint density at radius 1 is 1.22 bits per heavy atom. The number of sulfone groups is 1. The molecule has 1 spiro atoms. The zero-order chi connectivity index (χ0) is 19.2. The largest absolute Gasteiger partial charge is 0.375 e. The fourth-order valence-electron chi connectivity index (χ4n) is 4.15. The molecular formula is C20H31N3O3S. The zero-order valence-electron chi connectivity index (χ0n) is 16.2. The molecule has 27 heavy (non-hydrogen) atoms. The lowest BCUT2D eigenvalue weighted by molar-refractivity contribution is 0.125. The second kappa shape index (κ2) is 9.06. The smallest absolute Gasteiger partial charge is 0.193 e. The molecule has 1 heterocycles. The molecule has 150 valence electrons. The van der Waals surface area contributed by atoms with Gasteiger partial charge in [0.05, 0.1) is 23.7 Å². The maximum Gasteiger partial charge on any atom is 0.193 e. The summed E-state index contributed by atoms with van der Waals surface area (Å²) in [6.45, 7) is 2.88. The van der Waals surface area contributed by atoms with Gasteiger partial charge in [0.25, 0.3) is 0 Å². The van der Waals surface area contributed by atoms with Crippen LogP contribution in [-0.4, -0.2) is 63.1 Å². The number of hydrogen-bond donors (Lipinski definition) is 1. The molecule has 1 saturated heterocycles. The number of nitrogens with one attached hydrogen (secondary N) is 1. The lowest BCUT2D eigenvalue weighted by Gasteiger charge is -2.45. The Morgan fingerprint density at radius 2 is 1.96 bits per heavy atom. The van der Waals surface area contributed by atoms with Crippen LogP contribution in [0.4, 0.5) is 0 Å². The van der Waals surface area contributed by atoms with Crippen molar-refractivity contribution in [2.75, 3.05) is 39.0 Å². The minimum absolute atomic E-state index is 0.220. The average Bonchev–Trinajstić information content (AvgIpc) is 2.69. The van der Waals surface area contributed by atoms with Crippen LogP contribution in [0.3, 0.4) is 0 Å². The molecular weight excluding hydrogens is 362 g/mol. The highest BCUT2D eigenvalue weighted by Gasteiger charge is 2.48. The van der Waals surface area contributed by atoms with E-state index in [1.165, 1.54) is 0 Å². The highest BCUT2D eigenvalue weighted by Crippen LogP contribution is 2.38. The van der Waals surface area contributed by atoms with Gasteiger partial charge in [-0.3, -0.25) is 4.99 Å². The van der Waals surface area contributed by atoms with Gasteiger partial charge in [0, 0.05) is 26.7 Å². The van der Waals surface area contributed by atoms with Gasteiger partial charge >= 0.3 is 0 Å². The van der Waals surface area contributed by atoms with Gasteiger partial charge in [-0.05, 0) is 18.4 Å². The van der Waals surface area contributed by atoms with Gasteiger partial charge < -0.3 is 15.0 Å². The third kappa shape index (κ3) is 4.82. The van der Waals surface area contributed by atoms with E-state index in [1.807, 2.05) is 30.3 Å². The van der Waals surface area contributed by atoms with Gasteiger partial charge in [-0.2, -0.15) is 0 Å². The summed E-state index contributed by atoms with van der Waals surface area (Å²) in [6.07, 6.45) is 4.72. The molecule has 1 saturated carbocycles. The van der Waals surface area contributed by atoms with Crippen LogP contribution in [0.2, 0.25) is 0 Å². The van der Waals surface area contributed by atoms with Gasteiger partial charge in [0.1, 0.15) is 0 Å². The van der Waals surface area contributed by atoms with Crippen molar-refractivity contribution >= 4 is 15.8 Å². The van der Waals surface area contributed by atoms with E-state index in [-0.39, 0.29) is 5.75 Å². The van der Waals surface area contributed by atoms with Crippen LogP contribution in [0.15, 0.2) is 35.3 Å². The van der Waals surface area contributed by atoms with E-state index in [1.54, 1.807) is 7.05 Å². The number of guanidine groups is 1. The highest BCUT2D eigenvalue weighted by atomic mass is 32.2. The number of nitrogens with zero attached hydrogens (tertiary/aromatic N) is 2. The molecule has 6 nitrogen and oxygen atoms in total. The molecule has 0 unspecified atom stereocenters. The monoisotopic (exact) mass is 393 g/mol. The Balaban J connectivity index is 1.50. The summed E-state index contributed by atoms with van der Waals surface area (Å²) in [5.41, 5.74) is 1.15. The molecule has 0 atom stereocenters. The summed E-state index contributed by atoms with van der Waals surface area (Å²) >= 11 is 0. The van der Waals surface area contributed by atoms with Gasteiger partial charge in [-0.25, -0.2) is 8.42 Å². The molecule has 2 aliphatic rings. The van der Waals surface area contributed by atoms with E-state index in [2.05, 4.69) is 15.2 Å². The Morgan fingerprint density at radius 3 is 2.67 bits per heavy atom. The molecule has 1 aliphatic carbocycles. The lowest BCUT2D eigenvalue weighted by Crippen LogP contribution is -2.60. The molecule has 0 aromatic heterocycles. The third-order valence-corrected chi connectivity index (χ3v) is 8.26. The van der Waals surface area contributed by atoms with Crippen LogP contribution in [0, 0.1) is 0 Å². The molecule has 0 radical (unpaired) electrons. The molecule has 1 aliphatic heterocycles. The summed E-state index contributed by atoms with van der Waals surface area (Å²) in [5.74, 6) is 0.997. The standard InChI is InChI=1S/C20H31N3O3S/c1-21-19(22-12-14-26-16-18-8-4-2-5-9-18)23-13-15-27(24,25)20(17-23)10-6-3-7-11-20/h2,4-5,8-9H,3,6-7,10-17H2,1H3,(H,21,22). The van der Waals surface area contributed by atoms with Gasteiger partial charge in [0.2, 0.25) is 0 Å². The van der Waals surface area contributed by atoms with E-state index < -0.39 is 14.6 Å². The Labute approximate surface area is 162 Å². The third-order valence-electron chi connectivity index (χ3n) is 5.69. The number of hydrogen-bond acceptors (Lipinski definition) is 4. The van der Waals surface area contributed by atoms with Crippen LogP contribution in [-0.2, 0) is 21.2 Å². The van der Waals surface area contributed by atoms with Crippen molar-refractivity contribution in [3.63, 3.8) is 0 Å². The molecule has 1 N–H and O–H groups in total. The normalized spacial score (nSPS) is 22.0. The molecule has 1 aromatic carbocycles. The number of aliphatic imine (C=N–C) groups is 1. The predicted octanol–water partition coefficient (Wildman–Crippen LogP) is 2.21. The van der Waals surface area contributed by atoms with Gasteiger partial charge in [-0.1, -0.05) is 49.6 Å². The minimum atomic E-state index is -3.03. The van der Waals surface area contributed by atoms with Gasteiger partial charge in [-0.15, -0.1) is 0 Å². The lowest BCUT2D eigenvalue weighted by atomic mass is 9.87. The van der Waals surface area contributed by atoms with E-state index in [0.29, 0.717) is 32.8 Å². The van der Waals surface area contributed by atoms with Crippen molar-refractivity contribution in [2.24, 2.45) is 4.99 Å². The molecule has 1 aromatic rings. The topological polar surface area (TPSA) is 71.0 Å². The fourth-order valence-corrected chi connectivity index (χ4v) is 6.31. The molecule has 0 bridgehead atoms. The fraction of sp³-hybridized carbons (Fsp3) is 0.650. The van der Waals surface area contributed by atoms with Crippen molar-refractivity contribution in [1.29, 1.82) is 0 Å². The second-order valence-electron chi connectivity index (χ2n) is 7.50. The number of ether oxygens (including phenoxy) is 1. The first-order valence-electron chi connectivity index (χ1n) is 9.86. The van der Waals surface area contributed by atoms with Crippen molar-refractivity contribution in [3.8, 4) is 0 Å². The van der Waals surface area contributed by atoms with E-state index in [0.717, 1.165) is 43.6 Å². The van der Waals surface area contributed by atoms with Crippen LogP contribution in [0.25, 0.3) is 0 Å². The zero-order valence-corrected chi connectivity index (χ0v) is 17.0. The maximum atomic E-state index is 12.7. The first-order valence-corrected chi connectivity index (χ1v) is 11.5. The van der Waals surface area contributed by atoms with Crippen LogP contribution < -0.4 is 5.32 Å². The van der Waals surface area contributed by atoms with Crippen molar-refractivity contribution in [1.82, 2.24) is 10.2 Å². The van der Waals surface area contributed by atoms with Crippen LogP contribution in [0.5, 0.6) is 0 Å². The summed E-state index contributed by atoms with van der Waals surface area (Å²) in [6, 6.07) is 10.1. The average molecular weight is 394 g/mol. The van der Waals surface area contributed by atoms with Crippen molar-refractivity contribution < 1.29 is 13.2 Å². The van der Waals surface area contributed by atoms with Crippen LogP contribution >= 0.6 is 0 Å². The van der Waals surface area contributed by atoms with Crippen molar-refractivity contribution in [2.45, 2.75) is 43.5 Å². The Kier molecular flexibility index (Phi) is 6.76. The first-order chi connectivity index (χ1) is 13.1. The van der Waals surface area contributed by atoms with E-state index in [4.69, 9.17) is 4.74 Å².